The fourth-order valence-corrected chi connectivity index (χ4v) is 4.00. The SMILES string of the molecule is CCOc1cc(C(=O)N(C)[C@H](CCN(C)C)c2cncc3cn[nH]c23)ccc1C(C)CC. The van der Waals surface area contributed by atoms with Crippen LogP contribution in [0.25, 0.3) is 10.9 Å². The topological polar surface area (TPSA) is 74.3 Å². The smallest absolute Gasteiger partial charge is 0.254 e. The summed E-state index contributed by atoms with van der Waals surface area (Å²) in [6.07, 6.45) is 7.18. The zero-order chi connectivity index (χ0) is 23.3. The summed E-state index contributed by atoms with van der Waals surface area (Å²) < 4.78 is 5.90. The monoisotopic (exact) mass is 437 g/mol. The molecule has 7 nitrogen and oxygen atoms in total. The van der Waals surface area contributed by atoms with Gasteiger partial charge in [0.2, 0.25) is 0 Å². The Morgan fingerprint density at radius 2 is 1.91 bits per heavy atom. The molecular formula is C25H35N5O2. The molecule has 1 unspecified atom stereocenters. The van der Waals surface area contributed by atoms with Gasteiger partial charge in [-0.15, -0.1) is 0 Å². The summed E-state index contributed by atoms with van der Waals surface area (Å²) in [5, 5.41) is 8.19. The second-order valence-electron chi connectivity index (χ2n) is 8.58. The van der Waals surface area contributed by atoms with Crippen molar-refractivity contribution in [1.82, 2.24) is 25.0 Å². The van der Waals surface area contributed by atoms with E-state index in [0.717, 1.165) is 47.2 Å². The van der Waals surface area contributed by atoms with E-state index in [1.165, 1.54) is 0 Å². The van der Waals surface area contributed by atoms with Crippen LogP contribution in [0.2, 0.25) is 0 Å². The maximum atomic E-state index is 13.6. The van der Waals surface area contributed by atoms with Crippen molar-refractivity contribution in [2.24, 2.45) is 0 Å². The van der Waals surface area contributed by atoms with Gasteiger partial charge < -0.3 is 14.5 Å². The average molecular weight is 438 g/mol. The van der Waals surface area contributed by atoms with E-state index < -0.39 is 0 Å². The van der Waals surface area contributed by atoms with E-state index in [-0.39, 0.29) is 11.9 Å². The van der Waals surface area contributed by atoms with Gasteiger partial charge in [0.15, 0.2) is 0 Å². The van der Waals surface area contributed by atoms with Gasteiger partial charge >= 0.3 is 0 Å². The van der Waals surface area contributed by atoms with Crippen molar-refractivity contribution in [2.75, 3.05) is 34.3 Å². The van der Waals surface area contributed by atoms with E-state index in [0.29, 0.717) is 18.1 Å². The number of aromatic nitrogens is 3. The number of hydrogen-bond acceptors (Lipinski definition) is 5. The van der Waals surface area contributed by atoms with Crippen LogP contribution in [0.1, 0.15) is 67.1 Å². The molecule has 32 heavy (non-hydrogen) atoms. The summed E-state index contributed by atoms with van der Waals surface area (Å²) in [6, 6.07) is 5.70. The molecule has 0 spiro atoms. The third-order valence-corrected chi connectivity index (χ3v) is 6.08. The Hall–Kier alpha value is -2.93. The molecule has 0 bridgehead atoms. The highest BCUT2D eigenvalue weighted by Crippen LogP contribution is 2.33. The molecule has 3 rings (SSSR count). The number of amides is 1. The van der Waals surface area contributed by atoms with Gasteiger partial charge in [0.25, 0.3) is 5.91 Å². The Morgan fingerprint density at radius 3 is 2.59 bits per heavy atom. The number of pyridine rings is 1. The number of hydrogen-bond donors (Lipinski definition) is 1. The lowest BCUT2D eigenvalue weighted by atomic mass is 9.95. The highest BCUT2D eigenvalue weighted by atomic mass is 16.5. The van der Waals surface area contributed by atoms with E-state index in [4.69, 9.17) is 4.74 Å². The predicted octanol–water partition coefficient (Wildman–Crippen LogP) is 4.64. The minimum atomic E-state index is -0.147. The molecule has 0 aliphatic carbocycles. The van der Waals surface area contributed by atoms with Gasteiger partial charge in [-0.2, -0.15) is 5.10 Å². The standard InChI is InChI=1S/C25H35N5O2/c1-7-17(3)20-10-9-18(13-23(20)32-8-2)25(31)30(6)22(11-12-29(4)5)21-16-26-14-19-15-27-28-24(19)21/h9-10,13-17,22H,7-8,11-12H2,1-6H3,(H,27,28)/t17?,22-/m1/s1. The summed E-state index contributed by atoms with van der Waals surface area (Å²) in [5.41, 5.74) is 3.66. The fourth-order valence-electron chi connectivity index (χ4n) is 4.00. The van der Waals surface area contributed by atoms with E-state index in [2.05, 4.69) is 33.9 Å². The Labute approximate surface area is 190 Å². The van der Waals surface area contributed by atoms with Gasteiger partial charge in [-0.3, -0.25) is 14.9 Å². The minimum absolute atomic E-state index is 0.0399. The molecule has 172 valence electrons. The van der Waals surface area contributed by atoms with E-state index in [1.807, 2.05) is 57.4 Å². The molecule has 3 aromatic rings. The van der Waals surface area contributed by atoms with Crippen molar-refractivity contribution in [3.05, 3.63) is 53.5 Å². The first-order valence-corrected chi connectivity index (χ1v) is 11.3. The Bertz CT molecular complexity index is 1050. The van der Waals surface area contributed by atoms with Crippen LogP contribution in [0.5, 0.6) is 5.75 Å². The summed E-state index contributed by atoms with van der Waals surface area (Å²) in [4.78, 5) is 21.9. The Morgan fingerprint density at radius 1 is 1.12 bits per heavy atom. The van der Waals surface area contributed by atoms with Crippen LogP contribution in [0.4, 0.5) is 0 Å². The summed E-state index contributed by atoms with van der Waals surface area (Å²) in [5.74, 6) is 1.13. The number of rotatable bonds is 10. The molecule has 1 aromatic carbocycles. The lowest BCUT2D eigenvalue weighted by Crippen LogP contribution is -2.33. The number of aromatic amines is 1. The van der Waals surface area contributed by atoms with E-state index in [9.17, 15) is 4.79 Å². The Kier molecular flexibility index (Phi) is 7.85. The average Bonchev–Trinajstić information content (AvgIpc) is 3.27. The molecule has 2 aromatic heterocycles. The van der Waals surface area contributed by atoms with Crippen LogP contribution in [0.3, 0.4) is 0 Å². The number of carbonyl (C=O) groups is 1. The third kappa shape index (κ3) is 5.10. The molecule has 0 fully saturated rings. The van der Waals surface area contributed by atoms with Crippen molar-refractivity contribution >= 4 is 16.8 Å². The molecule has 0 radical (unpaired) electrons. The maximum absolute atomic E-state index is 13.6. The lowest BCUT2D eigenvalue weighted by molar-refractivity contribution is 0.0716. The quantitative estimate of drug-likeness (QED) is 0.500. The number of fused-ring (bicyclic) bond motifs is 1. The highest BCUT2D eigenvalue weighted by Gasteiger charge is 2.26. The normalized spacial score (nSPS) is 13.3. The number of carbonyl (C=O) groups excluding carboxylic acids is 1. The second kappa shape index (κ2) is 10.6. The molecule has 2 heterocycles. The molecule has 7 heteroatoms. The third-order valence-electron chi connectivity index (χ3n) is 6.08. The van der Waals surface area contributed by atoms with E-state index >= 15 is 0 Å². The predicted molar refractivity (Wildman–Crippen MR) is 128 cm³/mol. The molecule has 0 aliphatic heterocycles. The number of nitrogens with zero attached hydrogens (tertiary/aromatic N) is 4. The van der Waals surface area contributed by atoms with Gasteiger partial charge in [0, 0.05) is 36.0 Å². The summed E-state index contributed by atoms with van der Waals surface area (Å²) >= 11 is 0. The minimum Gasteiger partial charge on any atom is -0.494 e. The van der Waals surface area contributed by atoms with Crippen LogP contribution >= 0.6 is 0 Å². The van der Waals surface area contributed by atoms with Crippen molar-refractivity contribution in [1.29, 1.82) is 0 Å². The zero-order valence-corrected chi connectivity index (χ0v) is 20.1. The second-order valence-corrected chi connectivity index (χ2v) is 8.58. The van der Waals surface area contributed by atoms with Crippen LogP contribution in [0.15, 0.2) is 36.8 Å². The van der Waals surface area contributed by atoms with Gasteiger partial charge in [0.05, 0.1) is 24.4 Å². The van der Waals surface area contributed by atoms with Crippen LogP contribution < -0.4 is 4.74 Å². The first kappa shape index (κ1) is 23.7. The molecule has 1 amide bonds. The van der Waals surface area contributed by atoms with Crippen molar-refractivity contribution in [3.63, 3.8) is 0 Å². The van der Waals surface area contributed by atoms with Gasteiger partial charge in [-0.25, -0.2) is 0 Å². The van der Waals surface area contributed by atoms with Crippen molar-refractivity contribution < 1.29 is 9.53 Å². The van der Waals surface area contributed by atoms with Gasteiger partial charge in [-0.05, 0) is 64.0 Å². The molecular weight excluding hydrogens is 402 g/mol. The summed E-state index contributed by atoms with van der Waals surface area (Å²) in [7, 11) is 5.94. The first-order valence-electron chi connectivity index (χ1n) is 11.3. The molecule has 1 N–H and O–H groups in total. The zero-order valence-electron chi connectivity index (χ0n) is 20.1. The Balaban J connectivity index is 1.97. The molecule has 0 aliphatic rings. The lowest BCUT2D eigenvalue weighted by Gasteiger charge is -2.30. The summed E-state index contributed by atoms with van der Waals surface area (Å²) in [6.45, 7) is 7.71. The number of nitrogens with one attached hydrogen (secondary N) is 1. The van der Waals surface area contributed by atoms with Crippen LogP contribution in [-0.2, 0) is 0 Å². The maximum Gasteiger partial charge on any atom is 0.254 e. The number of H-pyrrole nitrogens is 1. The van der Waals surface area contributed by atoms with Crippen molar-refractivity contribution in [2.45, 2.75) is 45.6 Å². The first-order chi connectivity index (χ1) is 15.4. The molecule has 0 saturated carbocycles. The number of ether oxygens (including phenoxy) is 1. The number of benzene rings is 1. The highest BCUT2D eigenvalue weighted by molar-refractivity contribution is 5.95. The molecule has 0 saturated heterocycles. The van der Waals surface area contributed by atoms with Crippen LogP contribution in [-0.4, -0.2) is 65.2 Å². The van der Waals surface area contributed by atoms with Crippen LogP contribution in [0, 0.1) is 0 Å². The molecule has 2 atom stereocenters. The van der Waals surface area contributed by atoms with E-state index in [1.54, 1.807) is 12.4 Å². The van der Waals surface area contributed by atoms with Gasteiger partial charge in [0.1, 0.15) is 5.75 Å². The fraction of sp³-hybridized carbons (Fsp3) is 0.480. The largest absolute Gasteiger partial charge is 0.494 e. The van der Waals surface area contributed by atoms with Crippen molar-refractivity contribution in [3.8, 4) is 5.75 Å². The van der Waals surface area contributed by atoms with Gasteiger partial charge in [-0.1, -0.05) is 19.9 Å².